The van der Waals surface area contributed by atoms with Gasteiger partial charge in [-0.2, -0.15) is 5.10 Å². The predicted octanol–water partition coefficient (Wildman–Crippen LogP) is 5.15. The van der Waals surface area contributed by atoms with Crippen LogP contribution < -0.4 is 5.43 Å². The van der Waals surface area contributed by atoms with Crippen LogP contribution in [0.3, 0.4) is 0 Å². The Labute approximate surface area is 197 Å². The topological polar surface area (TPSA) is 72.2 Å². The monoisotopic (exact) mass is 453 g/mol. The Kier molecular flexibility index (Phi) is 7.45. The van der Waals surface area contributed by atoms with Gasteiger partial charge in [-0.3, -0.25) is 9.36 Å². The van der Waals surface area contributed by atoms with Gasteiger partial charge in [-0.25, -0.2) is 5.43 Å². The fourth-order valence-corrected chi connectivity index (χ4v) is 3.84. The number of aromatic nitrogens is 3. The third kappa shape index (κ3) is 6.05. The zero-order valence-electron chi connectivity index (χ0n) is 18.1. The van der Waals surface area contributed by atoms with Gasteiger partial charge in [0.05, 0.1) is 5.75 Å². The molecule has 0 bridgehead atoms. The first-order chi connectivity index (χ1) is 16.2. The van der Waals surface area contributed by atoms with Gasteiger partial charge in [-0.05, 0) is 30.7 Å². The van der Waals surface area contributed by atoms with E-state index in [4.69, 9.17) is 0 Å². The van der Waals surface area contributed by atoms with Gasteiger partial charge < -0.3 is 0 Å². The van der Waals surface area contributed by atoms with Crippen molar-refractivity contribution in [3.63, 3.8) is 0 Å². The molecule has 1 heterocycles. The first kappa shape index (κ1) is 22.2. The number of rotatable bonds is 8. The molecule has 0 aliphatic rings. The highest BCUT2D eigenvalue weighted by Gasteiger charge is 2.17. The SMILES string of the molecule is Cc1ccc(-n2c(SCC(=O)N/N=C/C=C/c3ccccc3)nnc2-c2ccccc2)cc1. The lowest BCUT2D eigenvalue weighted by molar-refractivity contribution is -0.118. The van der Waals surface area contributed by atoms with E-state index >= 15 is 0 Å². The number of amides is 1. The van der Waals surface area contributed by atoms with E-state index in [-0.39, 0.29) is 11.7 Å². The molecule has 3 aromatic carbocycles. The molecule has 0 saturated carbocycles. The molecule has 33 heavy (non-hydrogen) atoms. The lowest BCUT2D eigenvalue weighted by Gasteiger charge is -2.10. The number of benzene rings is 3. The number of allylic oxidation sites excluding steroid dienone is 1. The van der Waals surface area contributed by atoms with Crippen molar-refractivity contribution in [3.05, 3.63) is 102 Å². The van der Waals surface area contributed by atoms with Gasteiger partial charge in [-0.15, -0.1) is 10.2 Å². The number of thioether (sulfide) groups is 1. The number of aryl methyl sites for hydroxylation is 1. The molecule has 1 N–H and O–H groups in total. The molecular weight excluding hydrogens is 430 g/mol. The third-order valence-electron chi connectivity index (χ3n) is 4.73. The highest BCUT2D eigenvalue weighted by molar-refractivity contribution is 7.99. The van der Waals surface area contributed by atoms with Gasteiger partial charge in [0.25, 0.3) is 5.91 Å². The summed E-state index contributed by atoms with van der Waals surface area (Å²) in [6.45, 7) is 2.05. The van der Waals surface area contributed by atoms with Crippen LogP contribution in [0.5, 0.6) is 0 Å². The average Bonchev–Trinajstić information content (AvgIpc) is 3.28. The van der Waals surface area contributed by atoms with Crippen molar-refractivity contribution in [2.24, 2.45) is 5.10 Å². The van der Waals surface area contributed by atoms with Gasteiger partial charge in [0.1, 0.15) is 0 Å². The summed E-state index contributed by atoms with van der Waals surface area (Å²) >= 11 is 1.32. The normalized spacial score (nSPS) is 11.3. The molecule has 164 valence electrons. The zero-order chi connectivity index (χ0) is 22.9. The maximum absolute atomic E-state index is 12.3. The van der Waals surface area contributed by atoms with Crippen LogP contribution in [0.15, 0.2) is 101 Å². The van der Waals surface area contributed by atoms with Crippen LogP contribution in [0.25, 0.3) is 23.2 Å². The molecule has 0 atom stereocenters. The van der Waals surface area contributed by atoms with Crippen LogP contribution in [0, 0.1) is 6.92 Å². The third-order valence-corrected chi connectivity index (χ3v) is 5.66. The number of carbonyl (C=O) groups is 1. The van der Waals surface area contributed by atoms with Crippen molar-refractivity contribution in [1.29, 1.82) is 0 Å². The molecule has 0 fully saturated rings. The summed E-state index contributed by atoms with van der Waals surface area (Å²) in [7, 11) is 0. The van der Waals surface area contributed by atoms with Crippen molar-refractivity contribution >= 4 is 30.0 Å². The molecule has 0 unspecified atom stereocenters. The van der Waals surface area contributed by atoms with Crippen molar-refractivity contribution in [2.45, 2.75) is 12.1 Å². The first-order valence-corrected chi connectivity index (χ1v) is 11.4. The van der Waals surface area contributed by atoms with E-state index in [0.29, 0.717) is 5.16 Å². The van der Waals surface area contributed by atoms with E-state index in [9.17, 15) is 4.79 Å². The summed E-state index contributed by atoms with van der Waals surface area (Å²) in [5, 5.41) is 13.4. The second-order valence-corrected chi connectivity index (χ2v) is 8.16. The fraction of sp³-hybridized carbons (Fsp3) is 0.0769. The van der Waals surface area contributed by atoms with Gasteiger partial charge in [-0.1, -0.05) is 96.2 Å². The molecule has 4 aromatic rings. The molecule has 0 saturated heterocycles. The summed E-state index contributed by atoms with van der Waals surface area (Å²) in [5.74, 6) is 0.675. The quantitative estimate of drug-likeness (QED) is 0.227. The van der Waals surface area contributed by atoms with Gasteiger partial charge in [0.15, 0.2) is 11.0 Å². The standard InChI is InChI=1S/C26H23N5OS/c1-20-14-16-23(17-15-20)31-25(22-12-6-3-7-13-22)29-30-26(31)33-19-24(32)28-27-18-8-11-21-9-4-2-5-10-21/h2-18H,19H2,1H3,(H,28,32)/b11-8+,27-18+. The average molecular weight is 454 g/mol. The molecule has 1 aromatic heterocycles. The Balaban J connectivity index is 1.44. The Hall–Kier alpha value is -3.97. The molecule has 0 spiro atoms. The van der Waals surface area contributed by atoms with Gasteiger partial charge >= 0.3 is 0 Å². The lowest BCUT2D eigenvalue weighted by Crippen LogP contribution is -2.19. The Morgan fingerprint density at radius 1 is 0.970 bits per heavy atom. The second-order valence-electron chi connectivity index (χ2n) is 7.21. The molecular formula is C26H23N5OS. The molecule has 0 radical (unpaired) electrons. The highest BCUT2D eigenvalue weighted by atomic mass is 32.2. The van der Waals surface area contributed by atoms with Crippen LogP contribution in [-0.4, -0.2) is 32.6 Å². The van der Waals surface area contributed by atoms with Crippen LogP contribution in [-0.2, 0) is 4.79 Å². The summed E-state index contributed by atoms with van der Waals surface area (Å²) in [5.41, 5.74) is 6.67. The smallest absolute Gasteiger partial charge is 0.250 e. The van der Waals surface area contributed by atoms with Crippen LogP contribution >= 0.6 is 11.8 Å². The summed E-state index contributed by atoms with van der Waals surface area (Å²) in [6.07, 6.45) is 5.25. The van der Waals surface area contributed by atoms with Crippen LogP contribution in [0.1, 0.15) is 11.1 Å². The summed E-state index contributed by atoms with van der Waals surface area (Å²) in [4.78, 5) is 12.3. The second kappa shape index (κ2) is 11.1. The van der Waals surface area contributed by atoms with E-state index < -0.39 is 0 Å². The molecule has 6 nitrogen and oxygen atoms in total. The number of hydrazone groups is 1. The molecule has 4 rings (SSSR count). The summed E-state index contributed by atoms with van der Waals surface area (Å²) in [6, 6.07) is 27.9. The fourth-order valence-electron chi connectivity index (χ4n) is 3.10. The predicted molar refractivity (Wildman–Crippen MR) is 134 cm³/mol. The molecule has 7 heteroatoms. The van der Waals surface area contributed by atoms with Crippen LogP contribution in [0.2, 0.25) is 0 Å². The van der Waals surface area contributed by atoms with Crippen molar-refractivity contribution in [3.8, 4) is 17.1 Å². The minimum atomic E-state index is -0.218. The largest absolute Gasteiger partial charge is 0.272 e. The van der Waals surface area contributed by atoms with E-state index in [1.54, 1.807) is 12.3 Å². The first-order valence-electron chi connectivity index (χ1n) is 10.4. The van der Waals surface area contributed by atoms with E-state index in [2.05, 4.69) is 20.7 Å². The number of nitrogens with zero attached hydrogens (tertiary/aromatic N) is 4. The van der Waals surface area contributed by atoms with E-state index in [0.717, 1.165) is 22.6 Å². The van der Waals surface area contributed by atoms with E-state index in [1.165, 1.54) is 17.3 Å². The highest BCUT2D eigenvalue weighted by Crippen LogP contribution is 2.28. The minimum absolute atomic E-state index is 0.165. The Bertz CT molecular complexity index is 1250. The minimum Gasteiger partial charge on any atom is -0.272 e. The number of hydrogen-bond donors (Lipinski definition) is 1. The molecule has 0 aliphatic carbocycles. The lowest BCUT2D eigenvalue weighted by atomic mass is 10.2. The maximum atomic E-state index is 12.3. The van der Waals surface area contributed by atoms with Crippen LogP contribution in [0.4, 0.5) is 0 Å². The van der Waals surface area contributed by atoms with Gasteiger partial charge in [0.2, 0.25) is 0 Å². The number of carbonyl (C=O) groups excluding carboxylic acids is 1. The van der Waals surface area contributed by atoms with Crippen molar-refractivity contribution in [1.82, 2.24) is 20.2 Å². The molecule has 0 aliphatic heterocycles. The van der Waals surface area contributed by atoms with Gasteiger partial charge in [0, 0.05) is 17.5 Å². The zero-order valence-corrected chi connectivity index (χ0v) is 18.9. The van der Waals surface area contributed by atoms with E-state index in [1.807, 2.05) is 102 Å². The van der Waals surface area contributed by atoms with Crippen molar-refractivity contribution < 1.29 is 4.79 Å². The maximum Gasteiger partial charge on any atom is 0.250 e. The van der Waals surface area contributed by atoms with Crippen molar-refractivity contribution in [2.75, 3.05) is 5.75 Å². The Morgan fingerprint density at radius 3 is 2.39 bits per heavy atom. The number of nitrogens with one attached hydrogen (secondary N) is 1. The number of hydrogen-bond acceptors (Lipinski definition) is 5. The summed E-state index contributed by atoms with van der Waals surface area (Å²) < 4.78 is 1.97. The molecule has 1 amide bonds. The Morgan fingerprint density at radius 2 is 1.67 bits per heavy atom.